The van der Waals surface area contributed by atoms with Gasteiger partial charge in [-0.25, -0.2) is 9.78 Å². The molecule has 0 bridgehead atoms. The lowest BCUT2D eigenvalue weighted by atomic mass is 10.2. The Hall–Kier alpha value is -3.19. The maximum atomic E-state index is 13.0. The highest BCUT2D eigenvalue weighted by molar-refractivity contribution is 6.30. The molecule has 0 unspecified atom stereocenters. The molecule has 2 aromatic carbocycles. The van der Waals surface area contributed by atoms with E-state index < -0.39 is 5.69 Å². The Labute approximate surface area is 165 Å². The van der Waals surface area contributed by atoms with Gasteiger partial charge in [0.15, 0.2) is 11.5 Å². The molecule has 0 aliphatic carbocycles. The second-order valence-electron chi connectivity index (χ2n) is 6.45. The van der Waals surface area contributed by atoms with E-state index in [0.717, 1.165) is 11.8 Å². The molecular formula is C20H18ClN5O2. The number of carbonyl (C=O) groups excluding carboxylic acids is 1. The van der Waals surface area contributed by atoms with E-state index in [4.69, 9.17) is 11.6 Å². The van der Waals surface area contributed by atoms with Crippen molar-refractivity contribution in [2.75, 3.05) is 5.32 Å². The normalized spacial score (nSPS) is 11.2. The van der Waals surface area contributed by atoms with Crippen LogP contribution in [0.4, 0.5) is 5.69 Å². The summed E-state index contributed by atoms with van der Waals surface area (Å²) < 4.78 is 2.70. The van der Waals surface area contributed by atoms with E-state index in [-0.39, 0.29) is 12.5 Å². The van der Waals surface area contributed by atoms with E-state index in [0.29, 0.717) is 34.1 Å². The Kier molecular flexibility index (Phi) is 4.83. The quantitative estimate of drug-likeness (QED) is 0.562. The van der Waals surface area contributed by atoms with Crippen LogP contribution in [0, 0.1) is 0 Å². The molecule has 0 saturated carbocycles. The summed E-state index contributed by atoms with van der Waals surface area (Å²) in [5, 5.41) is 8.48. The number of para-hydroxylation sites is 1. The van der Waals surface area contributed by atoms with Crippen LogP contribution in [0.2, 0.25) is 5.02 Å². The van der Waals surface area contributed by atoms with Gasteiger partial charge in [0.2, 0.25) is 5.91 Å². The van der Waals surface area contributed by atoms with Crippen LogP contribution < -0.4 is 11.0 Å². The zero-order valence-corrected chi connectivity index (χ0v) is 16.0. The molecular weight excluding hydrogens is 378 g/mol. The van der Waals surface area contributed by atoms with E-state index in [2.05, 4.69) is 15.4 Å². The summed E-state index contributed by atoms with van der Waals surface area (Å²) >= 11 is 5.87. The van der Waals surface area contributed by atoms with E-state index in [1.165, 1.54) is 9.08 Å². The number of benzene rings is 2. The standard InChI is InChI=1S/C20H18ClN5O2/c1-2-5-17-23-19-15-6-3-4-7-16(15)25(20(28)26(19)24-17)12-18(27)22-14-10-8-13(21)9-11-14/h3-4,6-11H,2,5,12H2,1H3,(H,22,27). The summed E-state index contributed by atoms with van der Waals surface area (Å²) in [4.78, 5) is 30.1. The first-order valence-corrected chi connectivity index (χ1v) is 9.37. The lowest BCUT2D eigenvalue weighted by Gasteiger charge is -2.11. The van der Waals surface area contributed by atoms with E-state index in [9.17, 15) is 9.59 Å². The van der Waals surface area contributed by atoms with Gasteiger partial charge in [-0.2, -0.15) is 4.52 Å². The number of carbonyl (C=O) groups is 1. The number of aryl methyl sites for hydroxylation is 1. The van der Waals surface area contributed by atoms with Crippen LogP contribution in [0.25, 0.3) is 16.6 Å². The van der Waals surface area contributed by atoms with Gasteiger partial charge < -0.3 is 5.32 Å². The van der Waals surface area contributed by atoms with Gasteiger partial charge in [-0.15, -0.1) is 5.10 Å². The van der Waals surface area contributed by atoms with Crippen LogP contribution in [0.1, 0.15) is 19.2 Å². The SMILES string of the molecule is CCCc1nc2c3ccccc3n(CC(=O)Nc3ccc(Cl)cc3)c(=O)n2n1. The molecule has 0 atom stereocenters. The monoisotopic (exact) mass is 395 g/mol. The number of amides is 1. The maximum Gasteiger partial charge on any atom is 0.351 e. The Morgan fingerprint density at radius 1 is 1.14 bits per heavy atom. The second-order valence-corrected chi connectivity index (χ2v) is 6.89. The first-order valence-electron chi connectivity index (χ1n) is 8.99. The molecule has 0 saturated heterocycles. The summed E-state index contributed by atoms with van der Waals surface area (Å²) in [7, 11) is 0. The molecule has 4 aromatic rings. The zero-order valence-electron chi connectivity index (χ0n) is 15.2. The van der Waals surface area contributed by atoms with Crippen LogP contribution in [-0.2, 0) is 17.8 Å². The van der Waals surface area contributed by atoms with Crippen molar-refractivity contribution in [2.24, 2.45) is 0 Å². The lowest BCUT2D eigenvalue weighted by molar-refractivity contribution is -0.116. The Balaban J connectivity index is 1.76. The molecule has 8 heteroatoms. The number of hydrogen-bond acceptors (Lipinski definition) is 4. The molecule has 0 aliphatic rings. The predicted molar refractivity (Wildman–Crippen MR) is 109 cm³/mol. The molecule has 0 fully saturated rings. The molecule has 0 spiro atoms. The summed E-state index contributed by atoms with van der Waals surface area (Å²) in [6, 6.07) is 14.2. The highest BCUT2D eigenvalue weighted by Gasteiger charge is 2.16. The molecule has 4 rings (SSSR count). The maximum absolute atomic E-state index is 13.0. The number of anilines is 1. The minimum absolute atomic E-state index is 0.138. The Morgan fingerprint density at radius 3 is 2.64 bits per heavy atom. The predicted octanol–water partition coefficient (Wildman–Crippen LogP) is 3.29. The average Bonchev–Trinajstić information content (AvgIpc) is 3.12. The van der Waals surface area contributed by atoms with Crippen molar-refractivity contribution in [1.29, 1.82) is 0 Å². The molecule has 2 heterocycles. The van der Waals surface area contributed by atoms with Gasteiger partial charge in [-0.3, -0.25) is 9.36 Å². The number of nitrogens with one attached hydrogen (secondary N) is 1. The first-order chi connectivity index (χ1) is 13.6. The smallest absolute Gasteiger partial charge is 0.325 e. The number of hydrogen-bond donors (Lipinski definition) is 1. The number of nitrogens with zero attached hydrogens (tertiary/aromatic N) is 4. The third-order valence-electron chi connectivity index (χ3n) is 4.40. The van der Waals surface area contributed by atoms with Crippen LogP contribution in [0.3, 0.4) is 0 Å². The lowest BCUT2D eigenvalue weighted by Crippen LogP contribution is -2.32. The van der Waals surface area contributed by atoms with Crippen LogP contribution in [-0.4, -0.2) is 25.1 Å². The van der Waals surface area contributed by atoms with Crippen molar-refractivity contribution in [2.45, 2.75) is 26.3 Å². The van der Waals surface area contributed by atoms with Gasteiger partial charge in [-0.05, 0) is 42.8 Å². The minimum atomic E-state index is -0.394. The van der Waals surface area contributed by atoms with Crippen molar-refractivity contribution in [1.82, 2.24) is 19.2 Å². The van der Waals surface area contributed by atoms with E-state index in [1.54, 1.807) is 30.3 Å². The van der Waals surface area contributed by atoms with Crippen molar-refractivity contribution in [3.63, 3.8) is 0 Å². The highest BCUT2D eigenvalue weighted by Crippen LogP contribution is 2.18. The fraction of sp³-hybridized carbons (Fsp3) is 0.200. The first kappa shape index (κ1) is 18.2. The summed E-state index contributed by atoms with van der Waals surface area (Å²) in [5.74, 6) is 0.302. The number of rotatable bonds is 5. The molecule has 0 radical (unpaired) electrons. The number of fused-ring (bicyclic) bond motifs is 3. The number of aromatic nitrogens is 4. The largest absolute Gasteiger partial charge is 0.351 e. The van der Waals surface area contributed by atoms with Gasteiger partial charge in [0, 0.05) is 22.5 Å². The topological polar surface area (TPSA) is 81.3 Å². The average molecular weight is 396 g/mol. The highest BCUT2D eigenvalue weighted by atomic mass is 35.5. The van der Waals surface area contributed by atoms with Gasteiger partial charge in [0.1, 0.15) is 6.54 Å². The minimum Gasteiger partial charge on any atom is -0.325 e. The summed E-state index contributed by atoms with van der Waals surface area (Å²) in [5.41, 5.74) is 1.37. The molecule has 0 aliphatic heterocycles. The molecule has 2 aromatic heterocycles. The van der Waals surface area contributed by atoms with Crippen molar-refractivity contribution < 1.29 is 4.79 Å². The molecule has 142 valence electrons. The van der Waals surface area contributed by atoms with Gasteiger partial charge in [0.25, 0.3) is 0 Å². The van der Waals surface area contributed by atoms with Gasteiger partial charge in [0.05, 0.1) is 5.52 Å². The van der Waals surface area contributed by atoms with Crippen molar-refractivity contribution in [3.05, 3.63) is 69.9 Å². The number of halogens is 1. The van der Waals surface area contributed by atoms with Crippen molar-refractivity contribution >= 4 is 39.7 Å². The molecule has 7 nitrogen and oxygen atoms in total. The van der Waals surface area contributed by atoms with Crippen molar-refractivity contribution in [3.8, 4) is 0 Å². The molecule has 1 amide bonds. The molecule has 28 heavy (non-hydrogen) atoms. The third kappa shape index (κ3) is 3.36. The molecule has 1 N–H and O–H groups in total. The van der Waals surface area contributed by atoms with Gasteiger partial charge in [-0.1, -0.05) is 30.7 Å². The second kappa shape index (κ2) is 7.44. The summed E-state index contributed by atoms with van der Waals surface area (Å²) in [6.45, 7) is 1.89. The third-order valence-corrected chi connectivity index (χ3v) is 4.65. The van der Waals surface area contributed by atoms with Crippen LogP contribution >= 0.6 is 11.6 Å². The van der Waals surface area contributed by atoms with Gasteiger partial charge >= 0.3 is 5.69 Å². The van der Waals surface area contributed by atoms with Crippen LogP contribution in [0.5, 0.6) is 0 Å². The summed E-state index contributed by atoms with van der Waals surface area (Å²) in [6.07, 6.45) is 1.57. The van der Waals surface area contributed by atoms with Crippen LogP contribution in [0.15, 0.2) is 53.3 Å². The van der Waals surface area contributed by atoms with E-state index in [1.807, 2.05) is 25.1 Å². The fourth-order valence-electron chi connectivity index (χ4n) is 3.14. The Bertz CT molecular complexity index is 1230. The fourth-order valence-corrected chi connectivity index (χ4v) is 3.26. The van der Waals surface area contributed by atoms with E-state index >= 15 is 0 Å². The Morgan fingerprint density at radius 2 is 1.89 bits per heavy atom. The zero-order chi connectivity index (χ0) is 19.7.